The summed E-state index contributed by atoms with van der Waals surface area (Å²) in [6.45, 7) is 0. The van der Waals surface area contributed by atoms with Gasteiger partial charge >= 0.3 is 5.97 Å². The molecule has 190 valence electrons. The van der Waals surface area contributed by atoms with E-state index >= 15 is 0 Å². The fraction of sp³-hybridized carbons (Fsp3) is 0.179. The molecule has 3 aromatic carbocycles. The van der Waals surface area contributed by atoms with Gasteiger partial charge in [-0.2, -0.15) is 0 Å². The summed E-state index contributed by atoms with van der Waals surface area (Å²) in [5.41, 5.74) is 1.25. The van der Waals surface area contributed by atoms with Crippen molar-refractivity contribution < 1.29 is 38.4 Å². The number of carbonyl (C=O) groups excluding carboxylic acids is 3. The molecule has 1 fully saturated rings. The van der Waals surface area contributed by atoms with Crippen molar-refractivity contribution in [2.75, 3.05) is 33.3 Å². The maximum absolute atomic E-state index is 13.4. The Kier molecular flexibility index (Phi) is 7.15. The molecule has 1 N–H and O–H groups in total. The van der Waals surface area contributed by atoms with Gasteiger partial charge in [-0.05, 0) is 48.5 Å². The molecule has 0 spiro atoms. The topological polar surface area (TPSA) is 112 Å². The lowest BCUT2D eigenvalue weighted by Gasteiger charge is -2.26. The van der Waals surface area contributed by atoms with E-state index in [1.165, 1.54) is 63.7 Å². The number of ether oxygens (including phenoxy) is 4. The second kappa shape index (κ2) is 10.4. The molecule has 0 radical (unpaired) electrons. The lowest BCUT2D eigenvalue weighted by Crippen LogP contribution is -2.29. The molecule has 0 saturated carbocycles. The molecule has 1 saturated heterocycles. The normalized spacial score (nSPS) is 16.4. The van der Waals surface area contributed by atoms with Crippen molar-refractivity contribution in [2.24, 2.45) is 0 Å². The minimum atomic E-state index is -1.02. The Morgan fingerprint density at radius 1 is 0.784 bits per heavy atom. The first-order valence-corrected chi connectivity index (χ1v) is 11.2. The first-order chi connectivity index (χ1) is 17.9. The van der Waals surface area contributed by atoms with Crippen molar-refractivity contribution in [3.63, 3.8) is 0 Å². The summed E-state index contributed by atoms with van der Waals surface area (Å²) >= 11 is 0. The highest BCUT2D eigenvalue weighted by molar-refractivity contribution is 6.51. The molecule has 1 unspecified atom stereocenters. The van der Waals surface area contributed by atoms with E-state index in [4.69, 9.17) is 18.9 Å². The Morgan fingerprint density at radius 3 is 2.03 bits per heavy atom. The second-order valence-electron chi connectivity index (χ2n) is 8.02. The van der Waals surface area contributed by atoms with Crippen molar-refractivity contribution in [1.29, 1.82) is 0 Å². The van der Waals surface area contributed by atoms with Crippen LogP contribution in [0.2, 0.25) is 0 Å². The molecule has 1 amide bonds. The van der Waals surface area contributed by atoms with Crippen molar-refractivity contribution in [1.82, 2.24) is 0 Å². The Balaban J connectivity index is 1.94. The van der Waals surface area contributed by atoms with Gasteiger partial charge in [0.05, 0.1) is 45.6 Å². The number of amides is 1. The summed E-state index contributed by atoms with van der Waals surface area (Å²) in [5.74, 6) is -1.44. The van der Waals surface area contributed by atoms with Gasteiger partial charge in [-0.1, -0.05) is 18.2 Å². The Bertz CT molecular complexity index is 1390. The molecule has 0 bridgehead atoms. The van der Waals surface area contributed by atoms with Crippen LogP contribution >= 0.6 is 0 Å². The van der Waals surface area contributed by atoms with Crippen molar-refractivity contribution >= 4 is 29.1 Å². The van der Waals surface area contributed by atoms with Crippen LogP contribution in [-0.4, -0.2) is 51.2 Å². The van der Waals surface area contributed by atoms with E-state index in [0.29, 0.717) is 28.5 Å². The SMILES string of the molecule is COC(=O)c1ccc(N2C(=O)C(=O)/C(=C(/O)c3ccc(OC)c(OC)c3)C2c2ccccc2OC)cc1. The highest BCUT2D eigenvalue weighted by atomic mass is 16.5. The van der Waals surface area contributed by atoms with Crippen LogP contribution in [0.3, 0.4) is 0 Å². The Labute approximate surface area is 213 Å². The molecule has 3 aromatic rings. The fourth-order valence-corrected chi connectivity index (χ4v) is 4.30. The van der Waals surface area contributed by atoms with Crippen LogP contribution < -0.4 is 19.1 Å². The quantitative estimate of drug-likeness (QED) is 0.222. The third-order valence-corrected chi connectivity index (χ3v) is 6.10. The molecule has 1 aliphatic heterocycles. The number of ketones is 1. The van der Waals surface area contributed by atoms with Gasteiger partial charge in [0.25, 0.3) is 11.7 Å². The van der Waals surface area contributed by atoms with E-state index in [0.717, 1.165) is 0 Å². The molecule has 0 aromatic heterocycles. The van der Waals surface area contributed by atoms with Gasteiger partial charge in [0.2, 0.25) is 0 Å². The largest absolute Gasteiger partial charge is 0.507 e. The van der Waals surface area contributed by atoms with Gasteiger partial charge in [-0.15, -0.1) is 0 Å². The number of para-hydroxylation sites is 1. The summed E-state index contributed by atoms with van der Waals surface area (Å²) in [5, 5.41) is 11.4. The molecular formula is C28H25NO8. The number of rotatable bonds is 7. The number of carbonyl (C=O) groups is 3. The predicted molar refractivity (Wildman–Crippen MR) is 135 cm³/mol. The van der Waals surface area contributed by atoms with Gasteiger partial charge in [0.1, 0.15) is 11.5 Å². The van der Waals surface area contributed by atoms with Crippen LogP contribution in [0.4, 0.5) is 5.69 Å². The number of hydrogen-bond acceptors (Lipinski definition) is 8. The first-order valence-electron chi connectivity index (χ1n) is 11.2. The van der Waals surface area contributed by atoms with Gasteiger partial charge < -0.3 is 24.1 Å². The summed E-state index contributed by atoms with van der Waals surface area (Å²) in [6, 6.07) is 16.6. The third kappa shape index (κ3) is 4.47. The lowest BCUT2D eigenvalue weighted by atomic mass is 9.94. The number of nitrogens with zero attached hydrogens (tertiary/aromatic N) is 1. The van der Waals surface area contributed by atoms with E-state index in [2.05, 4.69) is 0 Å². The number of esters is 1. The highest BCUT2D eigenvalue weighted by Gasteiger charge is 2.48. The van der Waals surface area contributed by atoms with Crippen molar-refractivity contribution in [3.05, 3.63) is 89.0 Å². The van der Waals surface area contributed by atoms with E-state index in [1.54, 1.807) is 36.4 Å². The monoisotopic (exact) mass is 503 g/mol. The van der Waals surface area contributed by atoms with Crippen LogP contribution in [0.1, 0.15) is 27.5 Å². The van der Waals surface area contributed by atoms with Crippen LogP contribution in [-0.2, 0) is 14.3 Å². The standard InChI is InChI=1S/C28H25NO8/c1-34-20-8-6-5-7-19(20)24-23(25(30)17-11-14-21(35-2)22(15-17)36-3)26(31)27(32)29(24)18-12-9-16(10-13-18)28(33)37-4/h5-15,24,30H,1-4H3/b25-23+. The van der Waals surface area contributed by atoms with Gasteiger partial charge in [0.15, 0.2) is 11.5 Å². The molecule has 1 heterocycles. The molecule has 1 atom stereocenters. The van der Waals surface area contributed by atoms with Crippen LogP contribution in [0, 0.1) is 0 Å². The van der Waals surface area contributed by atoms with E-state index in [9.17, 15) is 19.5 Å². The Hall–Kier alpha value is -4.79. The summed E-state index contributed by atoms with van der Waals surface area (Å²) in [7, 11) is 5.68. The maximum Gasteiger partial charge on any atom is 0.337 e. The number of aliphatic hydroxyl groups excluding tert-OH is 1. The average Bonchev–Trinajstić information content (AvgIpc) is 3.21. The zero-order valence-corrected chi connectivity index (χ0v) is 20.7. The smallest absolute Gasteiger partial charge is 0.337 e. The van der Waals surface area contributed by atoms with Crippen LogP contribution in [0.15, 0.2) is 72.3 Å². The first kappa shape index (κ1) is 25.3. The summed E-state index contributed by atoms with van der Waals surface area (Å²) in [6.07, 6.45) is 0. The van der Waals surface area contributed by atoms with Crippen molar-refractivity contribution in [3.8, 4) is 17.2 Å². The summed E-state index contributed by atoms with van der Waals surface area (Å²) in [4.78, 5) is 40.0. The number of benzene rings is 3. The van der Waals surface area contributed by atoms with Crippen LogP contribution in [0.5, 0.6) is 17.2 Å². The average molecular weight is 504 g/mol. The van der Waals surface area contributed by atoms with E-state index in [-0.39, 0.29) is 22.5 Å². The lowest BCUT2D eigenvalue weighted by molar-refractivity contribution is -0.132. The zero-order valence-electron chi connectivity index (χ0n) is 20.7. The number of Topliss-reactive ketones (excluding diaryl/α,β-unsaturated/α-hetero) is 1. The van der Waals surface area contributed by atoms with Gasteiger partial charge in [-0.3, -0.25) is 14.5 Å². The minimum Gasteiger partial charge on any atom is -0.507 e. The predicted octanol–water partition coefficient (Wildman–Crippen LogP) is 4.13. The molecule has 4 rings (SSSR count). The molecule has 1 aliphatic rings. The minimum absolute atomic E-state index is 0.126. The fourth-order valence-electron chi connectivity index (χ4n) is 4.30. The highest BCUT2D eigenvalue weighted by Crippen LogP contribution is 2.45. The van der Waals surface area contributed by atoms with E-state index < -0.39 is 23.7 Å². The number of anilines is 1. The second-order valence-corrected chi connectivity index (χ2v) is 8.02. The summed E-state index contributed by atoms with van der Waals surface area (Å²) < 4.78 is 20.9. The maximum atomic E-state index is 13.4. The van der Waals surface area contributed by atoms with Crippen LogP contribution in [0.25, 0.3) is 5.76 Å². The Morgan fingerprint density at radius 2 is 1.41 bits per heavy atom. The molecular weight excluding hydrogens is 478 g/mol. The molecule has 37 heavy (non-hydrogen) atoms. The molecule has 9 nitrogen and oxygen atoms in total. The number of methoxy groups -OCH3 is 4. The third-order valence-electron chi connectivity index (χ3n) is 6.10. The van der Waals surface area contributed by atoms with Gasteiger partial charge in [-0.25, -0.2) is 4.79 Å². The number of hydrogen-bond donors (Lipinski definition) is 1. The number of aliphatic hydroxyl groups is 1. The van der Waals surface area contributed by atoms with E-state index in [1.807, 2.05) is 0 Å². The molecule has 9 heteroatoms. The zero-order chi connectivity index (χ0) is 26.7. The van der Waals surface area contributed by atoms with Gasteiger partial charge in [0, 0.05) is 16.8 Å². The molecule has 0 aliphatic carbocycles. The van der Waals surface area contributed by atoms with Crippen molar-refractivity contribution in [2.45, 2.75) is 6.04 Å².